The Morgan fingerprint density at radius 1 is 0.931 bits per heavy atom. The second kappa shape index (κ2) is 10.1. The number of benzene rings is 3. The van der Waals surface area contributed by atoms with Crippen LogP contribution >= 0.6 is 22.6 Å². The third-order valence-corrected chi connectivity index (χ3v) is 4.89. The number of ether oxygens (including phenoxy) is 1. The Balaban J connectivity index is 1.72. The first-order chi connectivity index (χ1) is 14.0. The summed E-state index contributed by atoms with van der Waals surface area (Å²) in [6.07, 6.45) is 0.113. The minimum atomic E-state index is -0.405. The van der Waals surface area contributed by atoms with Crippen molar-refractivity contribution in [3.63, 3.8) is 0 Å². The molecule has 1 unspecified atom stereocenters. The number of para-hydroxylation sites is 2. The normalized spacial score (nSPS) is 11.4. The standard InChI is InChI=1S/C23H21IN2O3/c1-16(27)25-21(17-7-3-2-4-8-17)15-23(28)26-20-9-5-6-10-22(20)29-19-13-11-18(24)12-14-19/h2-14,21H,15H2,1H3,(H,25,27)(H,26,28). The Hall–Kier alpha value is -2.87. The lowest BCUT2D eigenvalue weighted by atomic mass is 10.0. The first kappa shape index (κ1) is 20.9. The topological polar surface area (TPSA) is 67.4 Å². The summed E-state index contributed by atoms with van der Waals surface area (Å²) < 4.78 is 7.04. The molecule has 2 N–H and O–H groups in total. The average Bonchev–Trinajstić information content (AvgIpc) is 2.71. The summed E-state index contributed by atoms with van der Waals surface area (Å²) in [4.78, 5) is 24.3. The van der Waals surface area contributed by atoms with Crippen LogP contribution in [-0.2, 0) is 9.59 Å². The molecule has 1 atom stereocenters. The molecule has 0 aliphatic carbocycles. The van der Waals surface area contributed by atoms with Gasteiger partial charge in [-0.2, -0.15) is 0 Å². The number of rotatable bonds is 7. The maximum atomic E-state index is 12.7. The van der Waals surface area contributed by atoms with E-state index in [4.69, 9.17) is 4.74 Å². The van der Waals surface area contributed by atoms with Gasteiger partial charge < -0.3 is 15.4 Å². The number of carbonyl (C=O) groups excluding carboxylic acids is 2. The smallest absolute Gasteiger partial charge is 0.226 e. The first-order valence-corrected chi connectivity index (χ1v) is 10.2. The summed E-state index contributed by atoms with van der Waals surface area (Å²) in [6.45, 7) is 1.44. The molecule has 5 nitrogen and oxygen atoms in total. The zero-order chi connectivity index (χ0) is 20.6. The summed E-state index contributed by atoms with van der Waals surface area (Å²) in [7, 11) is 0. The molecule has 3 rings (SSSR count). The molecule has 0 spiro atoms. The molecule has 0 fully saturated rings. The largest absolute Gasteiger partial charge is 0.455 e. The van der Waals surface area contributed by atoms with Crippen LogP contribution in [0.5, 0.6) is 11.5 Å². The van der Waals surface area contributed by atoms with Gasteiger partial charge in [0, 0.05) is 10.5 Å². The van der Waals surface area contributed by atoms with Crippen LogP contribution in [0.25, 0.3) is 0 Å². The van der Waals surface area contributed by atoms with E-state index in [0.29, 0.717) is 17.2 Å². The molecule has 0 aliphatic rings. The Labute approximate surface area is 183 Å². The lowest BCUT2D eigenvalue weighted by Gasteiger charge is -2.19. The summed E-state index contributed by atoms with van der Waals surface area (Å²) in [5, 5.41) is 5.74. The SMILES string of the molecule is CC(=O)NC(CC(=O)Nc1ccccc1Oc1ccc(I)cc1)c1ccccc1. The maximum Gasteiger partial charge on any atom is 0.226 e. The van der Waals surface area contributed by atoms with Crippen LogP contribution < -0.4 is 15.4 Å². The van der Waals surface area contributed by atoms with Gasteiger partial charge in [-0.1, -0.05) is 42.5 Å². The number of amides is 2. The quantitative estimate of drug-likeness (QED) is 0.434. The number of halogens is 1. The van der Waals surface area contributed by atoms with Crippen LogP contribution in [0, 0.1) is 3.57 Å². The molecule has 0 saturated carbocycles. The van der Waals surface area contributed by atoms with Crippen molar-refractivity contribution in [2.45, 2.75) is 19.4 Å². The maximum absolute atomic E-state index is 12.7. The van der Waals surface area contributed by atoms with Gasteiger partial charge in [0.2, 0.25) is 11.8 Å². The highest BCUT2D eigenvalue weighted by atomic mass is 127. The van der Waals surface area contributed by atoms with Crippen LogP contribution in [0.15, 0.2) is 78.9 Å². The Morgan fingerprint density at radius 3 is 2.28 bits per heavy atom. The predicted molar refractivity (Wildman–Crippen MR) is 122 cm³/mol. The molecule has 0 bridgehead atoms. The molecular formula is C23H21IN2O3. The van der Waals surface area contributed by atoms with Gasteiger partial charge in [-0.25, -0.2) is 0 Å². The molecule has 0 heterocycles. The lowest BCUT2D eigenvalue weighted by Crippen LogP contribution is -2.29. The fraction of sp³-hybridized carbons (Fsp3) is 0.130. The Kier molecular flexibility index (Phi) is 7.24. The highest BCUT2D eigenvalue weighted by Crippen LogP contribution is 2.30. The van der Waals surface area contributed by atoms with Crippen LogP contribution in [-0.4, -0.2) is 11.8 Å². The van der Waals surface area contributed by atoms with Crippen molar-refractivity contribution in [2.75, 3.05) is 5.32 Å². The molecule has 29 heavy (non-hydrogen) atoms. The van der Waals surface area contributed by atoms with Gasteiger partial charge in [0.05, 0.1) is 18.2 Å². The van der Waals surface area contributed by atoms with Gasteiger partial charge in [0.1, 0.15) is 5.75 Å². The van der Waals surface area contributed by atoms with E-state index in [0.717, 1.165) is 9.13 Å². The fourth-order valence-electron chi connectivity index (χ4n) is 2.86. The highest BCUT2D eigenvalue weighted by molar-refractivity contribution is 14.1. The highest BCUT2D eigenvalue weighted by Gasteiger charge is 2.18. The Morgan fingerprint density at radius 2 is 1.59 bits per heavy atom. The van der Waals surface area contributed by atoms with Crippen molar-refractivity contribution in [3.8, 4) is 11.5 Å². The van der Waals surface area contributed by atoms with Gasteiger partial charge in [-0.15, -0.1) is 0 Å². The third-order valence-electron chi connectivity index (χ3n) is 4.17. The van der Waals surface area contributed by atoms with Crippen molar-refractivity contribution in [1.82, 2.24) is 5.32 Å². The summed E-state index contributed by atoms with van der Waals surface area (Å²) in [6, 6.07) is 24.0. The van der Waals surface area contributed by atoms with Crippen LogP contribution in [0.4, 0.5) is 5.69 Å². The molecule has 3 aromatic carbocycles. The Bertz CT molecular complexity index is 975. The van der Waals surface area contributed by atoms with Crippen molar-refractivity contribution in [3.05, 3.63) is 88.0 Å². The van der Waals surface area contributed by atoms with E-state index < -0.39 is 6.04 Å². The lowest BCUT2D eigenvalue weighted by molar-refractivity contribution is -0.120. The number of hydrogen-bond donors (Lipinski definition) is 2. The van der Waals surface area contributed by atoms with Crippen molar-refractivity contribution in [1.29, 1.82) is 0 Å². The summed E-state index contributed by atoms with van der Waals surface area (Å²) in [5.74, 6) is 0.839. The second-order valence-corrected chi connectivity index (χ2v) is 7.71. The van der Waals surface area contributed by atoms with Gasteiger partial charge in [-0.3, -0.25) is 9.59 Å². The summed E-state index contributed by atoms with van der Waals surface area (Å²) >= 11 is 2.23. The number of carbonyl (C=O) groups is 2. The number of anilines is 1. The number of hydrogen-bond acceptors (Lipinski definition) is 3. The van der Waals surface area contributed by atoms with Gasteiger partial charge in [-0.05, 0) is 64.6 Å². The molecule has 0 aromatic heterocycles. The van der Waals surface area contributed by atoms with Crippen LogP contribution in [0.3, 0.4) is 0 Å². The predicted octanol–water partition coefficient (Wildman–Crippen LogP) is 5.29. The first-order valence-electron chi connectivity index (χ1n) is 9.15. The van der Waals surface area contributed by atoms with Crippen molar-refractivity contribution in [2.24, 2.45) is 0 Å². The fourth-order valence-corrected chi connectivity index (χ4v) is 3.22. The van der Waals surface area contributed by atoms with Gasteiger partial charge in [0.25, 0.3) is 0 Å². The molecule has 148 valence electrons. The van der Waals surface area contributed by atoms with E-state index in [1.807, 2.05) is 66.7 Å². The molecular weight excluding hydrogens is 479 g/mol. The number of nitrogens with one attached hydrogen (secondary N) is 2. The van der Waals surface area contributed by atoms with E-state index in [1.165, 1.54) is 6.92 Å². The summed E-state index contributed by atoms with van der Waals surface area (Å²) in [5.41, 5.74) is 1.45. The zero-order valence-electron chi connectivity index (χ0n) is 15.9. The van der Waals surface area contributed by atoms with Crippen LogP contribution in [0.1, 0.15) is 24.9 Å². The van der Waals surface area contributed by atoms with E-state index >= 15 is 0 Å². The molecule has 3 aromatic rings. The molecule has 6 heteroatoms. The van der Waals surface area contributed by atoms with Gasteiger partial charge >= 0.3 is 0 Å². The zero-order valence-corrected chi connectivity index (χ0v) is 18.1. The minimum absolute atomic E-state index is 0.113. The second-order valence-electron chi connectivity index (χ2n) is 6.47. The monoisotopic (exact) mass is 500 g/mol. The molecule has 0 saturated heterocycles. The van der Waals surface area contributed by atoms with E-state index in [-0.39, 0.29) is 18.2 Å². The van der Waals surface area contributed by atoms with Crippen molar-refractivity contribution >= 4 is 40.1 Å². The van der Waals surface area contributed by atoms with E-state index in [2.05, 4.69) is 33.2 Å². The molecule has 0 aliphatic heterocycles. The third kappa shape index (κ3) is 6.32. The minimum Gasteiger partial charge on any atom is -0.455 e. The molecule has 2 amide bonds. The van der Waals surface area contributed by atoms with Crippen LogP contribution in [0.2, 0.25) is 0 Å². The van der Waals surface area contributed by atoms with Crippen molar-refractivity contribution < 1.29 is 14.3 Å². The van der Waals surface area contributed by atoms with E-state index in [9.17, 15) is 9.59 Å². The average molecular weight is 500 g/mol. The van der Waals surface area contributed by atoms with E-state index in [1.54, 1.807) is 12.1 Å². The van der Waals surface area contributed by atoms with Gasteiger partial charge in [0.15, 0.2) is 5.75 Å². The molecule has 0 radical (unpaired) electrons.